The van der Waals surface area contributed by atoms with Crippen molar-refractivity contribution in [3.8, 4) is 0 Å². The number of nitrogens with zero attached hydrogens (tertiary/aromatic N) is 1. The summed E-state index contributed by atoms with van der Waals surface area (Å²) >= 11 is 0. The molecular weight excluding hydrogens is 339 g/mol. The number of para-hydroxylation sites is 1. The van der Waals surface area contributed by atoms with Gasteiger partial charge < -0.3 is 4.90 Å². The zero-order valence-electron chi connectivity index (χ0n) is 13.3. The second kappa shape index (κ2) is 6.84. The van der Waals surface area contributed by atoms with Gasteiger partial charge in [-0.15, -0.1) is 0 Å². The SMILES string of the molecule is CCS(=O)(=O)c1ccccc1N(C)Cc1ccc(C(F)(F)F)cc1. The van der Waals surface area contributed by atoms with E-state index in [0.717, 1.165) is 12.1 Å². The second-order valence-corrected chi connectivity index (χ2v) is 7.67. The maximum atomic E-state index is 12.6. The first kappa shape index (κ1) is 18.3. The van der Waals surface area contributed by atoms with E-state index in [0.29, 0.717) is 17.8 Å². The second-order valence-electron chi connectivity index (χ2n) is 5.42. The molecule has 0 saturated heterocycles. The van der Waals surface area contributed by atoms with Crippen LogP contribution in [0.5, 0.6) is 0 Å². The van der Waals surface area contributed by atoms with E-state index in [1.807, 2.05) is 0 Å². The summed E-state index contributed by atoms with van der Waals surface area (Å²) in [6, 6.07) is 11.5. The number of hydrogen-bond acceptors (Lipinski definition) is 3. The highest BCUT2D eigenvalue weighted by Gasteiger charge is 2.30. The van der Waals surface area contributed by atoms with E-state index in [4.69, 9.17) is 0 Å². The molecule has 0 spiro atoms. The maximum absolute atomic E-state index is 12.6. The van der Waals surface area contributed by atoms with Gasteiger partial charge in [0.25, 0.3) is 0 Å². The predicted octanol–water partition coefficient (Wildman–Crippen LogP) is 4.14. The Morgan fingerprint density at radius 3 is 2.12 bits per heavy atom. The van der Waals surface area contributed by atoms with Gasteiger partial charge in [-0.25, -0.2) is 8.42 Å². The van der Waals surface area contributed by atoms with Crippen LogP contribution in [0, 0.1) is 0 Å². The molecule has 0 unspecified atom stereocenters. The molecule has 0 fully saturated rings. The summed E-state index contributed by atoms with van der Waals surface area (Å²) in [7, 11) is -1.67. The summed E-state index contributed by atoms with van der Waals surface area (Å²) in [4.78, 5) is 1.94. The summed E-state index contributed by atoms with van der Waals surface area (Å²) in [6.45, 7) is 1.87. The van der Waals surface area contributed by atoms with E-state index >= 15 is 0 Å². The summed E-state index contributed by atoms with van der Waals surface area (Å²) in [5, 5.41) is 0. The molecule has 0 saturated carbocycles. The van der Waals surface area contributed by atoms with E-state index in [9.17, 15) is 21.6 Å². The molecule has 0 heterocycles. The van der Waals surface area contributed by atoms with Crippen LogP contribution in [0.25, 0.3) is 0 Å². The van der Waals surface area contributed by atoms with Gasteiger partial charge in [0.1, 0.15) is 0 Å². The smallest absolute Gasteiger partial charge is 0.369 e. The van der Waals surface area contributed by atoms with Crippen LogP contribution in [0.15, 0.2) is 53.4 Å². The van der Waals surface area contributed by atoms with Gasteiger partial charge in [-0.1, -0.05) is 31.2 Å². The van der Waals surface area contributed by atoms with E-state index < -0.39 is 21.6 Å². The number of benzene rings is 2. The molecule has 7 heteroatoms. The van der Waals surface area contributed by atoms with E-state index in [1.54, 1.807) is 37.1 Å². The molecule has 0 aromatic heterocycles. The first-order chi connectivity index (χ1) is 11.1. The number of alkyl halides is 3. The van der Waals surface area contributed by atoms with Crippen LogP contribution in [0.2, 0.25) is 0 Å². The Labute approximate surface area is 139 Å². The molecule has 0 bridgehead atoms. The third-order valence-electron chi connectivity index (χ3n) is 3.69. The Morgan fingerprint density at radius 1 is 1.00 bits per heavy atom. The first-order valence-electron chi connectivity index (χ1n) is 7.34. The van der Waals surface area contributed by atoms with Crippen LogP contribution in [0.1, 0.15) is 18.1 Å². The average Bonchev–Trinajstić information content (AvgIpc) is 2.54. The van der Waals surface area contributed by atoms with Gasteiger partial charge >= 0.3 is 6.18 Å². The van der Waals surface area contributed by atoms with E-state index in [-0.39, 0.29) is 10.6 Å². The highest BCUT2D eigenvalue weighted by molar-refractivity contribution is 7.91. The number of hydrogen-bond donors (Lipinski definition) is 0. The van der Waals surface area contributed by atoms with Crippen LogP contribution in [0.3, 0.4) is 0 Å². The number of sulfone groups is 1. The summed E-state index contributed by atoms with van der Waals surface area (Å²) in [5.41, 5.74) is 0.483. The van der Waals surface area contributed by atoms with Crippen molar-refractivity contribution in [2.24, 2.45) is 0 Å². The Morgan fingerprint density at radius 2 is 1.58 bits per heavy atom. The zero-order chi connectivity index (χ0) is 18.0. The number of halogens is 3. The van der Waals surface area contributed by atoms with Crippen LogP contribution in [-0.4, -0.2) is 21.2 Å². The van der Waals surface area contributed by atoms with Crippen LogP contribution in [-0.2, 0) is 22.6 Å². The highest BCUT2D eigenvalue weighted by atomic mass is 32.2. The molecular formula is C17H18F3NO2S. The van der Waals surface area contributed by atoms with Gasteiger partial charge in [-0.05, 0) is 29.8 Å². The zero-order valence-corrected chi connectivity index (χ0v) is 14.2. The molecule has 3 nitrogen and oxygen atoms in total. The lowest BCUT2D eigenvalue weighted by atomic mass is 10.1. The van der Waals surface area contributed by atoms with Crippen molar-refractivity contribution in [1.82, 2.24) is 0 Å². The van der Waals surface area contributed by atoms with Crippen LogP contribution < -0.4 is 4.90 Å². The lowest BCUT2D eigenvalue weighted by molar-refractivity contribution is -0.137. The van der Waals surface area contributed by atoms with Gasteiger partial charge in [0.15, 0.2) is 9.84 Å². The Bertz CT molecular complexity index is 799. The summed E-state index contributed by atoms with van der Waals surface area (Å²) in [5.74, 6) is -0.0157. The molecule has 0 atom stereocenters. The van der Waals surface area contributed by atoms with Gasteiger partial charge in [-0.3, -0.25) is 0 Å². The molecule has 2 aromatic rings. The van der Waals surface area contributed by atoms with Crippen molar-refractivity contribution in [2.45, 2.75) is 24.5 Å². The first-order valence-corrected chi connectivity index (χ1v) is 8.99. The van der Waals surface area contributed by atoms with Crippen molar-refractivity contribution in [2.75, 3.05) is 17.7 Å². The number of rotatable bonds is 5. The lowest BCUT2D eigenvalue weighted by Crippen LogP contribution is -2.20. The normalized spacial score (nSPS) is 12.2. The Balaban J connectivity index is 2.27. The fourth-order valence-electron chi connectivity index (χ4n) is 2.35. The van der Waals surface area contributed by atoms with Crippen LogP contribution >= 0.6 is 0 Å². The third-order valence-corrected chi connectivity index (χ3v) is 5.47. The van der Waals surface area contributed by atoms with Crippen molar-refractivity contribution in [3.63, 3.8) is 0 Å². The molecule has 2 aromatic carbocycles. The molecule has 24 heavy (non-hydrogen) atoms. The van der Waals surface area contributed by atoms with Crippen LogP contribution in [0.4, 0.5) is 18.9 Å². The predicted molar refractivity (Wildman–Crippen MR) is 87.7 cm³/mol. The largest absolute Gasteiger partial charge is 0.416 e. The van der Waals surface area contributed by atoms with Gasteiger partial charge in [-0.2, -0.15) is 13.2 Å². The quantitative estimate of drug-likeness (QED) is 0.807. The fourth-order valence-corrected chi connectivity index (χ4v) is 3.49. The molecule has 0 amide bonds. The Hall–Kier alpha value is -2.02. The van der Waals surface area contributed by atoms with E-state index in [2.05, 4.69) is 0 Å². The fraction of sp³-hybridized carbons (Fsp3) is 0.294. The third kappa shape index (κ3) is 4.08. The monoisotopic (exact) mass is 357 g/mol. The lowest BCUT2D eigenvalue weighted by Gasteiger charge is -2.22. The standard InChI is InChI=1S/C17H18F3NO2S/c1-3-24(22,23)16-7-5-4-6-15(16)21(2)12-13-8-10-14(11-9-13)17(18,19)20/h4-11H,3,12H2,1-2H3. The minimum absolute atomic E-state index is 0.0157. The number of anilines is 1. The van der Waals surface area contributed by atoms with Crippen molar-refractivity contribution < 1.29 is 21.6 Å². The Kier molecular flexibility index (Phi) is 5.22. The topological polar surface area (TPSA) is 37.4 Å². The van der Waals surface area contributed by atoms with Gasteiger partial charge in [0.05, 0.1) is 21.9 Å². The average molecular weight is 357 g/mol. The van der Waals surface area contributed by atoms with Crippen molar-refractivity contribution >= 4 is 15.5 Å². The van der Waals surface area contributed by atoms with Crippen molar-refractivity contribution in [1.29, 1.82) is 0 Å². The highest BCUT2D eigenvalue weighted by Crippen LogP contribution is 2.30. The summed E-state index contributed by atoms with van der Waals surface area (Å²) < 4.78 is 62.1. The van der Waals surface area contributed by atoms with E-state index in [1.165, 1.54) is 18.2 Å². The summed E-state index contributed by atoms with van der Waals surface area (Å²) in [6.07, 6.45) is -4.37. The molecule has 0 aliphatic carbocycles. The molecule has 0 radical (unpaired) electrons. The maximum Gasteiger partial charge on any atom is 0.416 e. The molecule has 2 rings (SSSR count). The molecule has 0 N–H and O–H groups in total. The van der Waals surface area contributed by atoms with Gasteiger partial charge in [0.2, 0.25) is 0 Å². The minimum Gasteiger partial charge on any atom is -0.369 e. The molecule has 0 aliphatic rings. The van der Waals surface area contributed by atoms with Gasteiger partial charge in [0, 0.05) is 13.6 Å². The molecule has 0 aliphatic heterocycles. The minimum atomic E-state index is -4.37. The molecule has 130 valence electrons. The van der Waals surface area contributed by atoms with Crippen molar-refractivity contribution in [3.05, 3.63) is 59.7 Å².